The number of carbonyl (C=O) groups is 1. The maximum absolute atomic E-state index is 12.5. The molecule has 29 heavy (non-hydrogen) atoms. The van der Waals surface area contributed by atoms with Gasteiger partial charge in [-0.05, 0) is 38.3 Å². The third kappa shape index (κ3) is 3.37. The molecule has 3 aromatic rings. The lowest BCUT2D eigenvalue weighted by Crippen LogP contribution is -2.49. The predicted molar refractivity (Wildman–Crippen MR) is 112 cm³/mol. The number of nitrogens with one attached hydrogen (secondary N) is 2. The molecule has 1 unspecified atom stereocenters. The van der Waals surface area contributed by atoms with Crippen molar-refractivity contribution < 1.29 is 9.90 Å². The molecule has 2 saturated heterocycles. The molecule has 2 fully saturated rings. The number of pyridine rings is 2. The summed E-state index contributed by atoms with van der Waals surface area (Å²) in [5, 5.41) is 15.5. The van der Waals surface area contributed by atoms with Crippen molar-refractivity contribution >= 4 is 33.7 Å². The van der Waals surface area contributed by atoms with Crippen molar-refractivity contribution in [1.82, 2.24) is 25.2 Å². The number of fused-ring (bicyclic) bond motifs is 3. The Morgan fingerprint density at radius 2 is 2.10 bits per heavy atom. The minimum Gasteiger partial charge on any atom is -0.388 e. The molecule has 1 atom stereocenters. The quantitative estimate of drug-likeness (QED) is 0.619. The predicted octanol–water partition coefficient (Wildman–Crippen LogP) is 2.25. The van der Waals surface area contributed by atoms with Crippen LogP contribution in [-0.2, 0) is 0 Å². The van der Waals surface area contributed by atoms with Gasteiger partial charge in [0.2, 0.25) is 0 Å². The standard InChI is InChI=1S/C21H26N6O2/c1-21(29)6-11-27(13-21)20(28)25-14-4-9-26(10-5-14)17-3-8-22-16-12-24-19-15(18(16)17)2-7-23-19/h2-3,7-8,12,14,22,29H,4-6,9-11,13H2,1H3,(H,25,28). The topological polar surface area (TPSA) is 97.4 Å². The number of H-pyrrole nitrogens is 1. The lowest BCUT2D eigenvalue weighted by molar-refractivity contribution is 0.0716. The van der Waals surface area contributed by atoms with E-state index in [9.17, 15) is 9.90 Å². The number of aliphatic hydroxyl groups is 1. The number of hydrogen-bond acceptors (Lipinski definition) is 5. The molecule has 0 saturated carbocycles. The highest BCUT2D eigenvalue weighted by molar-refractivity contribution is 6.09. The highest BCUT2D eigenvalue weighted by atomic mass is 16.3. The van der Waals surface area contributed by atoms with Gasteiger partial charge in [0.1, 0.15) is 0 Å². The number of nitrogens with zero attached hydrogens (tertiary/aromatic N) is 4. The van der Waals surface area contributed by atoms with E-state index in [1.54, 1.807) is 18.0 Å². The number of hydrogen-bond donors (Lipinski definition) is 3. The molecule has 2 aliphatic heterocycles. The van der Waals surface area contributed by atoms with Crippen molar-refractivity contribution in [3.05, 3.63) is 30.7 Å². The normalized spacial score (nSPS) is 23.2. The van der Waals surface area contributed by atoms with Crippen molar-refractivity contribution in [3.63, 3.8) is 0 Å². The lowest BCUT2D eigenvalue weighted by atomic mass is 10.0. The van der Waals surface area contributed by atoms with Crippen molar-refractivity contribution in [2.45, 2.75) is 37.8 Å². The number of amides is 2. The number of β-amino-alcohol motifs (C(OH)–C–C–N with tert-alkyl or cyclic N) is 1. The maximum Gasteiger partial charge on any atom is 0.317 e. The van der Waals surface area contributed by atoms with Gasteiger partial charge in [-0.15, -0.1) is 0 Å². The van der Waals surface area contributed by atoms with Crippen molar-refractivity contribution in [2.24, 2.45) is 0 Å². The Morgan fingerprint density at radius 3 is 2.86 bits per heavy atom. The van der Waals surface area contributed by atoms with Crippen LogP contribution in [-0.4, -0.2) is 68.8 Å². The summed E-state index contributed by atoms with van der Waals surface area (Å²) in [6, 6.07) is 4.23. The van der Waals surface area contributed by atoms with Crippen LogP contribution >= 0.6 is 0 Å². The van der Waals surface area contributed by atoms with Gasteiger partial charge in [-0.25, -0.2) is 14.8 Å². The number of anilines is 1. The zero-order valence-electron chi connectivity index (χ0n) is 16.6. The van der Waals surface area contributed by atoms with E-state index in [1.807, 2.05) is 18.5 Å². The number of carbonyl (C=O) groups excluding carboxylic acids is 1. The minimum absolute atomic E-state index is 0.0587. The summed E-state index contributed by atoms with van der Waals surface area (Å²) in [5.41, 5.74) is 2.18. The van der Waals surface area contributed by atoms with E-state index in [2.05, 4.69) is 31.2 Å². The molecule has 3 aromatic heterocycles. The second kappa shape index (κ2) is 6.88. The summed E-state index contributed by atoms with van der Waals surface area (Å²) < 4.78 is 0. The van der Waals surface area contributed by atoms with Gasteiger partial charge in [0.15, 0.2) is 5.65 Å². The van der Waals surface area contributed by atoms with E-state index >= 15 is 0 Å². The number of rotatable bonds is 2. The monoisotopic (exact) mass is 394 g/mol. The Bertz CT molecular complexity index is 1050. The second-order valence-electron chi connectivity index (χ2n) is 8.47. The van der Waals surface area contributed by atoms with Gasteiger partial charge < -0.3 is 25.2 Å². The Kier molecular flexibility index (Phi) is 4.31. The van der Waals surface area contributed by atoms with E-state index in [-0.39, 0.29) is 12.1 Å². The van der Waals surface area contributed by atoms with Crippen LogP contribution in [0.5, 0.6) is 0 Å². The number of aromatic nitrogens is 3. The first-order valence-corrected chi connectivity index (χ1v) is 10.2. The summed E-state index contributed by atoms with van der Waals surface area (Å²) in [7, 11) is 0. The van der Waals surface area contributed by atoms with Gasteiger partial charge >= 0.3 is 6.03 Å². The van der Waals surface area contributed by atoms with Crippen molar-refractivity contribution in [3.8, 4) is 0 Å². The summed E-state index contributed by atoms with van der Waals surface area (Å²) in [4.78, 5) is 28.7. The van der Waals surface area contributed by atoms with Crippen LogP contribution in [0, 0.1) is 0 Å². The molecule has 0 bridgehead atoms. The molecule has 8 heteroatoms. The van der Waals surface area contributed by atoms with Crippen LogP contribution in [0.25, 0.3) is 21.9 Å². The average molecular weight is 394 g/mol. The first-order valence-electron chi connectivity index (χ1n) is 10.2. The average Bonchev–Trinajstić information content (AvgIpc) is 3.34. The first kappa shape index (κ1) is 18.2. The lowest BCUT2D eigenvalue weighted by Gasteiger charge is -2.35. The van der Waals surface area contributed by atoms with Gasteiger partial charge in [0, 0.05) is 54.5 Å². The van der Waals surface area contributed by atoms with E-state index in [0.717, 1.165) is 47.9 Å². The van der Waals surface area contributed by atoms with E-state index in [0.29, 0.717) is 19.5 Å². The Morgan fingerprint density at radius 1 is 1.28 bits per heavy atom. The molecular weight excluding hydrogens is 368 g/mol. The minimum atomic E-state index is -0.762. The summed E-state index contributed by atoms with van der Waals surface area (Å²) in [6.45, 7) is 4.55. The molecule has 5 heterocycles. The zero-order valence-corrected chi connectivity index (χ0v) is 16.6. The fourth-order valence-electron chi connectivity index (χ4n) is 4.55. The van der Waals surface area contributed by atoms with Crippen LogP contribution in [0.15, 0.2) is 30.7 Å². The number of piperidine rings is 1. The summed E-state index contributed by atoms with van der Waals surface area (Å²) in [6.07, 6.45) is 8.01. The van der Waals surface area contributed by atoms with E-state index in [4.69, 9.17) is 0 Å². The van der Waals surface area contributed by atoms with E-state index < -0.39 is 5.60 Å². The van der Waals surface area contributed by atoms with Gasteiger partial charge in [0.25, 0.3) is 0 Å². The first-order chi connectivity index (χ1) is 14.0. The van der Waals surface area contributed by atoms with Gasteiger partial charge in [-0.1, -0.05) is 0 Å². The highest BCUT2D eigenvalue weighted by Crippen LogP contribution is 2.32. The fraction of sp³-hybridized carbons (Fsp3) is 0.476. The van der Waals surface area contributed by atoms with Crippen LogP contribution in [0.2, 0.25) is 0 Å². The Balaban J connectivity index is 1.29. The van der Waals surface area contributed by atoms with Gasteiger partial charge in [-0.3, -0.25) is 0 Å². The van der Waals surface area contributed by atoms with Crippen LogP contribution in [0.4, 0.5) is 10.5 Å². The number of urea groups is 1. The molecule has 5 rings (SSSR count). The molecule has 8 nitrogen and oxygen atoms in total. The number of likely N-dealkylation sites (tertiary alicyclic amines) is 1. The smallest absolute Gasteiger partial charge is 0.317 e. The molecule has 0 aliphatic carbocycles. The van der Waals surface area contributed by atoms with Crippen LogP contribution < -0.4 is 10.2 Å². The largest absolute Gasteiger partial charge is 0.388 e. The third-order valence-electron chi connectivity index (χ3n) is 6.17. The van der Waals surface area contributed by atoms with Gasteiger partial charge in [-0.2, -0.15) is 0 Å². The molecule has 152 valence electrons. The molecule has 2 aliphatic rings. The number of aromatic amines is 1. The van der Waals surface area contributed by atoms with Crippen molar-refractivity contribution in [2.75, 3.05) is 31.1 Å². The summed E-state index contributed by atoms with van der Waals surface area (Å²) in [5.74, 6) is 0. The highest BCUT2D eigenvalue weighted by Gasteiger charge is 2.35. The summed E-state index contributed by atoms with van der Waals surface area (Å²) >= 11 is 0. The third-order valence-corrected chi connectivity index (χ3v) is 6.17. The van der Waals surface area contributed by atoms with Gasteiger partial charge in [0.05, 0.1) is 23.9 Å². The maximum atomic E-state index is 12.5. The van der Waals surface area contributed by atoms with E-state index in [1.165, 1.54) is 5.69 Å². The van der Waals surface area contributed by atoms with Crippen LogP contribution in [0.1, 0.15) is 26.2 Å². The zero-order chi connectivity index (χ0) is 20.0. The molecule has 0 aromatic carbocycles. The molecule has 2 amide bonds. The second-order valence-corrected chi connectivity index (χ2v) is 8.47. The fourth-order valence-corrected chi connectivity index (χ4v) is 4.55. The Hall–Kier alpha value is -2.87. The molecule has 3 N–H and O–H groups in total. The molecular formula is C21H26N6O2. The Labute approximate surface area is 168 Å². The van der Waals surface area contributed by atoms with Crippen molar-refractivity contribution in [1.29, 1.82) is 0 Å². The molecule has 0 radical (unpaired) electrons. The SMILES string of the molecule is CC1(O)CCN(C(=O)NC2CCN(c3cc[nH]c4cnc5nccc5c34)CC2)C1. The van der Waals surface area contributed by atoms with Crippen LogP contribution in [0.3, 0.4) is 0 Å². The molecule has 0 spiro atoms.